The Morgan fingerprint density at radius 1 is 1.25 bits per heavy atom. The molecule has 0 saturated heterocycles. The second kappa shape index (κ2) is 5.37. The van der Waals surface area contributed by atoms with Gasteiger partial charge in [-0.15, -0.1) is 6.58 Å². The highest BCUT2D eigenvalue weighted by atomic mass is 16.5. The number of pyridine rings is 1. The number of nitrogen functional groups attached to an aromatic ring is 1. The number of anilines is 1. The van der Waals surface area contributed by atoms with Gasteiger partial charge in [-0.1, -0.05) is 12.1 Å². The van der Waals surface area contributed by atoms with Crippen molar-refractivity contribution < 1.29 is 4.74 Å². The molecule has 1 aromatic heterocycles. The van der Waals surface area contributed by atoms with Crippen LogP contribution < -0.4 is 10.5 Å². The first-order chi connectivity index (χ1) is 9.76. The lowest BCUT2D eigenvalue weighted by Crippen LogP contribution is -1.97. The molecule has 0 unspecified atom stereocenters. The molecule has 2 N–H and O–H groups in total. The largest absolute Gasteiger partial charge is 0.439 e. The molecular formula is C17H18N2O. The third-order valence-corrected chi connectivity index (χ3v) is 3.57. The van der Waals surface area contributed by atoms with Gasteiger partial charge >= 0.3 is 0 Å². The number of hydrogen-bond acceptors (Lipinski definition) is 3. The van der Waals surface area contributed by atoms with E-state index in [9.17, 15) is 0 Å². The molecule has 0 atom stereocenters. The number of aromatic nitrogens is 1. The van der Waals surface area contributed by atoms with Crippen LogP contribution in [0, 0.1) is 0 Å². The molecule has 0 saturated carbocycles. The minimum absolute atomic E-state index is 0.653. The maximum absolute atomic E-state index is 5.93. The van der Waals surface area contributed by atoms with E-state index in [0.717, 1.165) is 36.3 Å². The second-order valence-electron chi connectivity index (χ2n) is 5.07. The van der Waals surface area contributed by atoms with E-state index in [2.05, 4.69) is 17.6 Å². The first-order valence-electron chi connectivity index (χ1n) is 6.92. The van der Waals surface area contributed by atoms with E-state index in [-0.39, 0.29) is 0 Å². The van der Waals surface area contributed by atoms with Crippen molar-refractivity contribution in [2.75, 3.05) is 5.73 Å². The fourth-order valence-corrected chi connectivity index (χ4v) is 2.58. The van der Waals surface area contributed by atoms with Crippen molar-refractivity contribution in [2.45, 2.75) is 25.7 Å². The van der Waals surface area contributed by atoms with Gasteiger partial charge in [-0.3, -0.25) is 0 Å². The third kappa shape index (κ3) is 2.52. The highest BCUT2D eigenvalue weighted by Crippen LogP contribution is 2.29. The predicted molar refractivity (Wildman–Crippen MR) is 81.1 cm³/mol. The van der Waals surface area contributed by atoms with E-state index < -0.39 is 0 Å². The summed E-state index contributed by atoms with van der Waals surface area (Å²) in [6, 6.07) is 9.72. The van der Waals surface area contributed by atoms with Crippen LogP contribution in [0.1, 0.15) is 23.2 Å². The molecule has 0 spiro atoms. The average molecular weight is 266 g/mol. The molecule has 3 rings (SSSR count). The number of rotatable bonds is 4. The van der Waals surface area contributed by atoms with E-state index >= 15 is 0 Å². The highest BCUT2D eigenvalue weighted by Gasteiger charge is 2.13. The lowest BCUT2D eigenvalue weighted by Gasteiger charge is -2.11. The number of benzene rings is 1. The monoisotopic (exact) mass is 266 g/mol. The van der Waals surface area contributed by atoms with Crippen LogP contribution in [0.4, 0.5) is 5.69 Å². The fourth-order valence-electron chi connectivity index (χ4n) is 2.58. The van der Waals surface area contributed by atoms with Crippen molar-refractivity contribution in [1.29, 1.82) is 0 Å². The fraction of sp³-hybridized carbons (Fsp3) is 0.235. The van der Waals surface area contributed by atoms with Crippen molar-refractivity contribution in [3.63, 3.8) is 0 Å². The summed E-state index contributed by atoms with van der Waals surface area (Å²) in [5, 5.41) is 0. The van der Waals surface area contributed by atoms with Crippen molar-refractivity contribution in [3.05, 3.63) is 59.8 Å². The molecule has 1 heterocycles. The minimum Gasteiger partial charge on any atom is -0.439 e. The van der Waals surface area contributed by atoms with Gasteiger partial charge in [0.15, 0.2) is 0 Å². The summed E-state index contributed by atoms with van der Waals surface area (Å²) in [7, 11) is 0. The maximum Gasteiger partial charge on any atom is 0.219 e. The molecule has 0 bridgehead atoms. The molecule has 3 nitrogen and oxygen atoms in total. The quantitative estimate of drug-likeness (QED) is 0.678. The van der Waals surface area contributed by atoms with Crippen LogP contribution in [0.5, 0.6) is 11.6 Å². The first-order valence-corrected chi connectivity index (χ1v) is 6.92. The average Bonchev–Trinajstić information content (AvgIpc) is 2.89. The van der Waals surface area contributed by atoms with Gasteiger partial charge in [-0.2, -0.15) is 0 Å². The number of ether oxygens (including phenoxy) is 1. The van der Waals surface area contributed by atoms with Crippen molar-refractivity contribution >= 4 is 5.69 Å². The van der Waals surface area contributed by atoms with Crippen molar-refractivity contribution in [2.24, 2.45) is 0 Å². The Balaban J connectivity index is 1.89. The number of aryl methyl sites for hydroxylation is 2. The van der Waals surface area contributed by atoms with Crippen LogP contribution in [0.25, 0.3) is 0 Å². The van der Waals surface area contributed by atoms with Gasteiger partial charge in [0.2, 0.25) is 5.88 Å². The topological polar surface area (TPSA) is 48.1 Å². The Bertz CT molecular complexity index is 649. The summed E-state index contributed by atoms with van der Waals surface area (Å²) in [4.78, 5) is 4.59. The zero-order valence-electron chi connectivity index (χ0n) is 11.4. The SMILES string of the molecule is C=CCc1cc(N)ccc1Oc1ccc2c(n1)CCC2. The van der Waals surface area contributed by atoms with Crippen LogP contribution in [0.3, 0.4) is 0 Å². The molecule has 1 aliphatic rings. The molecule has 1 aliphatic carbocycles. The van der Waals surface area contributed by atoms with Gasteiger partial charge in [0, 0.05) is 23.0 Å². The summed E-state index contributed by atoms with van der Waals surface area (Å²) in [5.41, 5.74) is 10.1. The smallest absolute Gasteiger partial charge is 0.219 e. The van der Waals surface area contributed by atoms with Gasteiger partial charge < -0.3 is 10.5 Å². The Kier molecular flexibility index (Phi) is 3.42. The molecule has 20 heavy (non-hydrogen) atoms. The van der Waals surface area contributed by atoms with E-state index in [1.165, 1.54) is 17.7 Å². The predicted octanol–water partition coefficient (Wildman–Crippen LogP) is 3.67. The Morgan fingerprint density at radius 2 is 2.15 bits per heavy atom. The summed E-state index contributed by atoms with van der Waals surface area (Å²) in [5.74, 6) is 1.45. The molecule has 102 valence electrons. The van der Waals surface area contributed by atoms with Crippen LogP contribution in [-0.2, 0) is 19.3 Å². The third-order valence-electron chi connectivity index (χ3n) is 3.57. The van der Waals surface area contributed by atoms with E-state index in [1.807, 2.05) is 30.3 Å². The lowest BCUT2D eigenvalue weighted by molar-refractivity contribution is 0.456. The maximum atomic E-state index is 5.93. The van der Waals surface area contributed by atoms with Crippen molar-refractivity contribution in [3.8, 4) is 11.6 Å². The van der Waals surface area contributed by atoms with Crippen LogP contribution in [0.15, 0.2) is 43.0 Å². The molecule has 0 amide bonds. The molecule has 2 aromatic rings. The van der Waals surface area contributed by atoms with E-state index in [4.69, 9.17) is 10.5 Å². The van der Waals surface area contributed by atoms with Crippen LogP contribution >= 0.6 is 0 Å². The molecule has 0 radical (unpaired) electrons. The first kappa shape index (κ1) is 12.7. The Labute approximate surface area is 119 Å². The molecular weight excluding hydrogens is 248 g/mol. The van der Waals surface area contributed by atoms with Gasteiger partial charge in [-0.05, 0) is 49.4 Å². The number of allylic oxidation sites excluding steroid dienone is 1. The molecule has 1 aromatic carbocycles. The summed E-state index contributed by atoms with van der Waals surface area (Å²) >= 11 is 0. The number of nitrogens with two attached hydrogens (primary N) is 1. The van der Waals surface area contributed by atoms with Gasteiger partial charge in [0.05, 0.1) is 0 Å². The zero-order valence-corrected chi connectivity index (χ0v) is 11.4. The summed E-state index contributed by atoms with van der Waals surface area (Å²) in [6.07, 6.45) is 5.94. The normalized spacial score (nSPS) is 13.0. The zero-order chi connectivity index (χ0) is 13.9. The minimum atomic E-state index is 0.653. The van der Waals surface area contributed by atoms with Gasteiger partial charge in [0.25, 0.3) is 0 Å². The molecule has 3 heteroatoms. The standard InChI is InChI=1S/C17H18N2O/c1-2-4-13-11-14(18)8-9-16(13)20-17-10-7-12-5-3-6-15(12)19-17/h2,7-11H,1,3-6,18H2. The highest BCUT2D eigenvalue weighted by molar-refractivity contribution is 5.49. The van der Waals surface area contributed by atoms with Gasteiger partial charge in [-0.25, -0.2) is 4.98 Å². The number of fused-ring (bicyclic) bond motifs is 1. The van der Waals surface area contributed by atoms with Crippen LogP contribution in [0.2, 0.25) is 0 Å². The Hall–Kier alpha value is -2.29. The number of nitrogens with zero attached hydrogens (tertiary/aromatic N) is 1. The molecule has 0 fully saturated rings. The lowest BCUT2D eigenvalue weighted by atomic mass is 10.1. The van der Waals surface area contributed by atoms with Crippen LogP contribution in [-0.4, -0.2) is 4.98 Å². The van der Waals surface area contributed by atoms with E-state index in [0.29, 0.717) is 5.88 Å². The number of hydrogen-bond donors (Lipinski definition) is 1. The van der Waals surface area contributed by atoms with Crippen molar-refractivity contribution in [1.82, 2.24) is 4.98 Å². The van der Waals surface area contributed by atoms with Gasteiger partial charge in [0.1, 0.15) is 5.75 Å². The Morgan fingerprint density at radius 3 is 3.00 bits per heavy atom. The summed E-state index contributed by atoms with van der Waals surface area (Å²) in [6.45, 7) is 3.77. The second-order valence-corrected chi connectivity index (χ2v) is 5.07. The summed E-state index contributed by atoms with van der Waals surface area (Å²) < 4.78 is 5.93. The molecule has 0 aliphatic heterocycles. The van der Waals surface area contributed by atoms with E-state index in [1.54, 1.807) is 0 Å².